The van der Waals surface area contributed by atoms with Crippen LogP contribution in [-0.2, 0) is 0 Å². The van der Waals surface area contributed by atoms with Gasteiger partial charge in [0.1, 0.15) is 11.8 Å². The predicted molar refractivity (Wildman–Crippen MR) is 74.8 cm³/mol. The number of ether oxygens (including phenoxy) is 1. The van der Waals surface area contributed by atoms with Crippen molar-refractivity contribution in [3.05, 3.63) is 55.8 Å². The maximum atomic E-state index is 10.7. The molecule has 0 saturated carbocycles. The number of nitro benzene ring substituents is 1. The standard InChI is InChI=1S/C12H6IN3O3/c13-10-3-2-9(16(17)18)5-11(10)19-12-4-1-8(6-14)7-15-12/h1-5,7H. The molecule has 0 radical (unpaired) electrons. The first kappa shape index (κ1) is 13.2. The summed E-state index contributed by atoms with van der Waals surface area (Å²) in [6, 6.07) is 9.38. The normalized spacial score (nSPS) is 9.68. The molecule has 0 aliphatic carbocycles. The first-order chi connectivity index (χ1) is 9.10. The van der Waals surface area contributed by atoms with Gasteiger partial charge in [-0.3, -0.25) is 10.1 Å². The van der Waals surface area contributed by atoms with Crippen molar-refractivity contribution in [2.24, 2.45) is 0 Å². The van der Waals surface area contributed by atoms with E-state index in [0.29, 0.717) is 11.3 Å². The second kappa shape index (κ2) is 5.62. The van der Waals surface area contributed by atoms with Crippen molar-refractivity contribution < 1.29 is 9.66 Å². The molecule has 0 aliphatic heterocycles. The van der Waals surface area contributed by atoms with Gasteiger partial charge in [0.25, 0.3) is 5.69 Å². The van der Waals surface area contributed by atoms with Gasteiger partial charge in [0.2, 0.25) is 5.88 Å². The van der Waals surface area contributed by atoms with E-state index in [-0.39, 0.29) is 11.6 Å². The van der Waals surface area contributed by atoms with E-state index in [4.69, 9.17) is 10.00 Å². The van der Waals surface area contributed by atoms with Crippen LogP contribution in [0.4, 0.5) is 5.69 Å². The number of hydrogen-bond acceptors (Lipinski definition) is 5. The highest BCUT2D eigenvalue weighted by Gasteiger charge is 2.11. The van der Waals surface area contributed by atoms with E-state index >= 15 is 0 Å². The number of pyridine rings is 1. The van der Waals surface area contributed by atoms with Crippen LogP contribution in [0, 0.1) is 25.0 Å². The first-order valence-corrected chi connectivity index (χ1v) is 6.16. The third-order valence-electron chi connectivity index (χ3n) is 2.21. The van der Waals surface area contributed by atoms with Crippen LogP contribution in [0.25, 0.3) is 0 Å². The maximum absolute atomic E-state index is 10.7. The van der Waals surface area contributed by atoms with E-state index in [0.717, 1.165) is 3.57 Å². The summed E-state index contributed by atoms with van der Waals surface area (Å²) in [7, 11) is 0. The average molecular weight is 367 g/mol. The monoisotopic (exact) mass is 367 g/mol. The SMILES string of the molecule is N#Cc1ccc(Oc2cc([N+](=O)[O-])ccc2I)nc1. The molecule has 0 saturated heterocycles. The summed E-state index contributed by atoms with van der Waals surface area (Å²) in [6.45, 7) is 0. The van der Waals surface area contributed by atoms with Gasteiger partial charge >= 0.3 is 0 Å². The molecule has 0 unspecified atom stereocenters. The lowest BCUT2D eigenvalue weighted by atomic mass is 10.3. The fourth-order valence-electron chi connectivity index (χ4n) is 1.30. The third-order valence-corrected chi connectivity index (χ3v) is 3.10. The number of non-ortho nitro benzene ring substituents is 1. The second-order valence-corrected chi connectivity index (χ2v) is 4.63. The van der Waals surface area contributed by atoms with Crippen molar-refractivity contribution in [2.75, 3.05) is 0 Å². The Balaban J connectivity index is 2.29. The Morgan fingerprint density at radius 2 is 2.16 bits per heavy atom. The Labute approximate surface area is 121 Å². The average Bonchev–Trinajstić information content (AvgIpc) is 2.42. The van der Waals surface area contributed by atoms with Crippen LogP contribution < -0.4 is 4.74 Å². The van der Waals surface area contributed by atoms with E-state index in [2.05, 4.69) is 4.98 Å². The summed E-state index contributed by atoms with van der Waals surface area (Å²) >= 11 is 2.01. The van der Waals surface area contributed by atoms with Crippen molar-refractivity contribution in [2.45, 2.75) is 0 Å². The Hall–Kier alpha value is -2.21. The molecule has 1 aromatic carbocycles. The molecule has 94 valence electrons. The lowest BCUT2D eigenvalue weighted by Gasteiger charge is -2.06. The van der Waals surface area contributed by atoms with Crippen LogP contribution in [0.5, 0.6) is 11.6 Å². The quantitative estimate of drug-likeness (QED) is 0.472. The zero-order chi connectivity index (χ0) is 13.8. The fraction of sp³-hybridized carbons (Fsp3) is 0. The summed E-state index contributed by atoms with van der Waals surface area (Å²) in [5.41, 5.74) is 0.366. The van der Waals surface area contributed by atoms with E-state index in [1.165, 1.54) is 24.4 Å². The Kier molecular flexibility index (Phi) is 3.91. The molecule has 0 bridgehead atoms. The number of nitro groups is 1. The summed E-state index contributed by atoms with van der Waals surface area (Å²) in [5, 5.41) is 19.3. The maximum Gasteiger partial charge on any atom is 0.273 e. The fourth-order valence-corrected chi connectivity index (χ4v) is 1.75. The van der Waals surface area contributed by atoms with Gasteiger partial charge in [0, 0.05) is 18.3 Å². The second-order valence-electron chi connectivity index (χ2n) is 3.47. The van der Waals surface area contributed by atoms with Crippen molar-refractivity contribution >= 4 is 28.3 Å². The lowest BCUT2D eigenvalue weighted by Crippen LogP contribution is -1.93. The highest BCUT2D eigenvalue weighted by atomic mass is 127. The smallest absolute Gasteiger partial charge is 0.273 e. The molecule has 0 spiro atoms. The van der Waals surface area contributed by atoms with Gasteiger partial charge in [-0.05, 0) is 34.7 Å². The summed E-state index contributed by atoms with van der Waals surface area (Å²) < 4.78 is 6.20. The van der Waals surface area contributed by atoms with E-state index in [9.17, 15) is 10.1 Å². The number of nitrogens with zero attached hydrogens (tertiary/aromatic N) is 3. The van der Waals surface area contributed by atoms with Gasteiger partial charge < -0.3 is 4.74 Å². The summed E-state index contributed by atoms with van der Waals surface area (Å²) in [4.78, 5) is 14.1. The first-order valence-electron chi connectivity index (χ1n) is 5.08. The van der Waals surface area contributed by atoms with E-state index in [1.807, 2.05) is 28.7 Å². The Morgan fingerprint density at radius 3 is 2.74 bits per heavy atom. The molecular formula is C12H6IN3O3. The number of benzene rings is 1. The van der Waals surface area contributed by atoms with Crippen LogP contribution in [0.3, 0.4) is 0 Å². The minimum atomic E-state index is -0.491. The van der Waals surface area contributed by atoms with Gasteiger partial charge in [-0.15, -0.1) is 0 Å². The van der Waals surface area contributed by atoms with Crippen molar-refractivity contribution in [3.8, 4) is 17.7 Å². The van der Waals surface area contributed by atoms with Gasteiger partial charge in [-0.25, -0.2) is 4.98 Å². The Morgan fingerprint density at radius 1 is 1.37 bits per heavy atom. The molecule has 19 heavy (non-hydrogen) atoms. The number of aromatic nitrogens is 1. The largest absolute Gasteiger partial charge is 0.438 e. The van der Waals surface area contributed by atoms with Crippen LogP contribution in [-0.4, -0.2) is 9.91 Å². The zero-order valence-electron chi connectivity index (χ0n) is 9.41. The van der Waals surface area contributed by atoms with Crippen molar-refractivity contribution in [1.82, 2.24) is 4.98 Å². The molecule has 1 heterocycles. The van der Waals surface area contributed by atoms with Gasteiger partial charge in [-0.1, -0.05) is 0 Å². The molecule has 0 aliphatic rings. The highest BCUT2D eigenvalue weighted by Crippen LogP contribution is 2.29. The van der Waals surface area contributed by atoms with Crippen LogP contribution in [0.2, 0.25) is 0 Å². The minimum Gasteiger partial charge on any atom is -0.438 e. The molecule has 0 fully saturated rings. The molecule has 0 N–H and O–H groups in total. The minimum absolute atomic E-state index is 0.0518. The molecule has 1 aromatic heterocycles. The molecule has 2 aromatic rings. The number of hydrogen-bond donors (Lipinski definition) is 0. The molecule has 6 nitrogen and oxygen atoms in total. The van der Waals surface area contributed by atoms with Gasteiger partial charge in [-0.2, -0.15) is 5.26 Å². The van der Waals surface area contributed by atoms with Crippen LogP contribution >= 0.6 is 22.6 Å². The van der Waals surface area contributed by atoms with E-state index in [1.54, 1.807) is 12.1 Å². The predicted octanol–water partition coefficient (Wildman–Crippen LogP) is 3.26. The molecule has 2 rings (SSSR count). The highest BCUT2D eigenvalue weighted by molar-refractivity contribution is 14.1. The summed E-state index contributed by atoms with van der Waals surface area (Å²) in [5.74, 6) is 0.629. The van der Waals surface area contributed by atoms with Gasteiger partial charge in [0.15, 0.2) is 0 Å². The molecular weight excluding hydrogens is 361 g/mol. The van der Waals surface area contributed by atoms with Crippen molar-refractivity contribution in [1.29, 1.82) is 5.26 Å². The third kappa shape index (κ3) is 3.17. The van der Waals surface area contributed by atoms with Crippen LogP contribution in [0.1, 0.15) is 5.56 Å². The number of nitriles is 1. The zero-order valence-corrected chi connectivity index (χ0v) is 11.6. The molecule has 0 atom stereocenters. The van der Waals surface area contributed by atoms with Gasteiger partial charge in [0.05, 0.1) is 20.1 Å². The number of rotatable bonds is 3. The van der Waals surface area contributed by atoms with Crippen molar-refractivity contribution in [3.63, 3.8) is 0 Å². The van der Waals surface area contributed by atoms with Crippen LogP contribution in [0.15, 0.2) is 36.5 Å². The topological polar surface area (TPSA) is 89.0 Å². The van der Waals surface area contributed by atoms with E-state index < -0.39 is 4.92 Å². The molecule has 7 heteroatoms. The lowest BCUT2D eigenvalue weighted by molar-refractivity contribution is -0.384. The molecule has 0 amide bonds. The Bertz CT molecular complexity index is 665. The number of halogens is 1. The summed E-state index contributed by atoms with van der Waals surface area (Å²) in [6.07, 6.45) is 1.37.